The number of Topliss-reactive ketones (excluding diaryl/α,β-unsaturated/α-hetero) is 1. The first-order chi connectivity index (χ1) is 13.0. The number of carbonyl (C=O) groups is 2. The number of amides is 1. The van der Waals surface area contributed by atoms with Crippen LogP contribution in [0.5, 0.6) is 0 Å². The van der Waals surface area contributed by atoms with Gasteiger partial charge in [0.2, 0.25) is 5.91 Å². The molecule has 7 N–H and O–H groups in total. The van der Waals surface area contributed by atoms with Gasteiger partial charge in [-0.05, 0) is 32.2 Å². The number of nitrogens with one attached hydrogen (secondary N) is 1. The third kappa shape index (κ3) is 17.5. The second-order valence-electron chi connectivity index (χ2n) is 7.32. The summed E-state index contributed by atoms with van der Waals surface area (Å²) in [5.41, 5.74) is 16.0. The maximum atomic E-state index is 12.0. The summed E-state index contributed by atoms with van der Waals surface area (Å²) in [7, 11) is 0. The van der Waals surface area contributed by atoms with Gasteiger partial charge in [0.1, 0.15) is 5.78 Å². The quantitative estimate of drug-likeness (QED) is 0.163. The molecule has 0 aromatic heterocycles. The zero-order valence-electron chi connectivity index (χ0n) is 17.2. The van der Waals surface area contributed by atoms with Crippen molar-refractivity contribution in [3.8, 4) is 0 Å². The molecule has 0 aliphatic rings. The molecule has 0 heterocycles. The number of carbonyl (C=O) groups excluding carboxylic acids is 2. The first-order valence-electron chi connectivity index (χ1n) is 10.5. The van der Waals surface area contributed by atoms with Crippen LogP contribution in [-0.4, -0.2) is 37.3 Å². The van der Waals surface area contributed by atoms with Crippen LogP contribution in [0.3, 0.4) is 0 Å². The van der Waals surface area contributed by atoms with Crippen molar-refractivity contribution in [3.63, 3.8) is 0 Å². The van der Waals surface area contributed by atoms with Crippen LogP contribution in [0.1, 0.15) is 84.0 Å². The fourth-order valence-electron chi connectivity index (χ4n) is 2.89. The van der Waals surface area contributed by atoms with Gasteiger partial charge in [-0.2, -0.15) is 0 Å². The molecule has 1 amide bonds. The van der Waals surface area contributed by atoms with E-state index in [9.17, 15) is 9.59 Å². The van der Waals surface area contributed by atoms with Crippen molar-refractivity contribution in [2.75, 3.05) is 19.6 Å². The van der Waals surface area contributed by atoms with Crippen molar-refractivity contribution < 1.29 is 9.59 Å². The van der Waals surface area contributed by atoms with E-state index in [1.807, 2.05) is 6.92 Å². The summed E-state index contributed by atoms with van der Waals surface area (Å²) in [6.45, 7) is 3.94. The van der Waals surface area contributed by atoms with Crippen LogP contribution in [0.15, 0.2) is 4.99 Å². The largest absolute Gasteiger partial charge is 0.370 e. The summed E-state index contributed by atoms with van der Waals surface area (Å²) >= 11 is 0. The van der Waals surface area contributed by atoms with Crippen LogP contribution in [0, 0.1) is 5.92 Å². The number of hydrogen-bond acceptors (Lipinski definition) is 4. The highest BCUT2D eigenvalue weighted by Gasteiger charge is 2.16. The van der Waals surface area contributed by atoms with Gasteiger partial charge >= 0.3 is 0 Å². The first-order valence-corrected chi connectivity index (χ1v) is 10.5. The molecule has 0 aliphatic carbocycles. The Balaban J connectivity index is 3.59. The monoisotopic (exact) mass is 383 g/mol. The molecule has 27 heavy (non-hydrogen) atoms. The summed E-state index contributed by atoms with van der Waals surface area (Å²) in [6, 6.07) is 0. The minimum Gasteiger partial charge on any atom is -0.370 e. The Morgan fingerprint density at radius 3 is 2.15 bits per heavy atom. The van der Waals surface area contributed by atoms with Crippen molar-refractivity contribution >= 4 is 17.6 Å². The van der Waals surface area contributed by atoms with Gasteiger partial charge in [-0.25, -0.2) is 0 Å². The Hall–Kier alpha value is -1.63. The molecule has 0 saturated heterocycles. The van der Waals surface area contributed by atoms with E-state index < -0.39 is 0 Å². The van der Waals surface area contributed by atoms with Crippen LogP contribution >= 0.6 is 0 Å². The fourth-order valence-corrected chi connectivity index (χ4v) is 2.89. The number of rotatable bonds is 18. The van der Waals surface area contributed by atoms with E-state index in [4.69, 9.17) is 17.2 Å². The zero-order valence-corrected chi connectivity index (χ0v) is 17.2. The van der Waals surface area contributed by atoms with Gasteiger partial charge in [0.15, 0.2) is 5.96 Å². The molecule has 0 aliphatic heterocycles. The predicted octanol–water partition coefficient (Wildman–Crippen LogP) is 2.22. The summed E-state index contributed by atoms with van der Waals surface area (Å²) in [6.07, 6.45) is 11.5. The number of nitrogens with two attached hydrogens (primary N) is 3. The van der Waals surface area contributed by atoms with Crippen molar-refractivity contribution in [2.24, 2.45) is 28.1 Å². The van der Waals surface area contributed by atoms with Crippen LogP contribution < -0.4 is 22.5 Å². The molecule has 1 unspecified atom stereocenters. The van der Waals surface area contributed by atoms with E-state index >= 15 is 0 Å². The summed E-state index contributed by atoms with van der Waals surface area (Å²) in [4.78, 5) is 28.0. The Bertz CT molecular complexity index is 423. The van der Waals surface area contributed by atoms with Crippen molar-refractivity contribution in [2.45, 2.75) is 84.0 Å². The molecule has 158 valence electrons. The number of aliphatic imine (C=N–C) groups is 1. The lowest BCUT2D eigenvalue weighted by Crippen LogP contribution is -2.31. The second kappa shape index (κ2) is 17.8. The topological polar surface area (TPSA) is 137 Å². The average molecular weight is 384 g/mol. The van der Waals surface area contributed by atoms with E-state index in [0.717, 1.165) is 51.5 Å². The second-order valence-corrected chi connectivity index (χ2v) is 7.32. The molecule has 7 nitrogen and oxygen atoms in total. The summed E-state index contributed by atoms with van der Waals surface area (Å²) in [5, 5.41) is 2.95. The third-order valence-corrected chi connectivity index (χ3v) is 4.57. The van der Waals surface area contributed by atoms with Crippen molar-refractivity contribution in [1.29, 1.82) is 0 Å². The van der Waals surface area contributed by atoms with Crippen LogP contribution in [0.2, 0.25) is 0 Å². The van der Waals surface area contributed by atoms with Gasteiger partial charge < -0.3 is 22.5 Å². The number of guanidine groups is 1. The van der Waals surface area contributed by atoms with Crippen LogP contribution in [0.25, 0.3) is 0 Å². The van der Waals surface area contributed by atoms with Gasteiger partial charge in [-0.3, -0.25) is 14.6 Å². The first kappa shape index (κ1) is 25.4. The predicted molar refractivity (Wildman–Crippen MR) is 112 cm³/mol. The average Bonchev–Trinajstić information content (AvgIpc) is 2.62. The Labute approximate surface area is 164 Å². The van der Waals surface area contributed by atoms with Crippen molar-refractivity contribution in [1.82, 2.24) is 5.32 Å². The molecule has 0 aromatic rings. The van der Waals surface area contributed by atoms with E-state index in [-0.39, 0.29) is 23.6 Å². The number of hydrogen-bond donors (Lipinski definition) is 4. The standard InChI is InChI=1S/C20H41N5O2/c1-17(19(27)24-14-10-6-3-2-5-9-13-21)16-18(26)12-8-4-7-11-15-25-20(22)23/h17H,2-16,21H2,1H3,(H,24,27)(H4,22,23,25). The minimum atomic E-state index is -0.246. The van der Waals surface area contributed by atoms with E-state index in [1.165, 1.54) is 19.3 Å². The Kier molecular flexibility index (Phi) is 16.7. The molecule has 7 heteroatoms. The molecule has 0 saturated carbocycles. The van der Waals surface area contributed by atoms with Gasteiger partial charge in [0.25, 0.3) is 0 Å². The third-order valence-electron chi connectivity index (χ3n) is 4.57. The normalized spacial score (nSPS) is 11.8. The van der Waals surface area contributed by atoms with E-state index in [0.29, 0.717) is 25.9 Å². The van der Waals surface area contributed by atoms with Gasteiger partial charge in [-0.1, -0.05) is 45.4 Å². The molecule has 0 radical (unpaired) electrons. The SMILES string of the molecule is CC(CC(=O)CCCCCCN=C(N)N)C(=O)NCCCCCCCCN. The van der Waals surface area contributed by atoms with Crippen LogP contribution in [0.4, 0.5) is 0 Å². The molecule has 0 fully saturated rings. The molecule has 0 aromatic carbocycles. The van der Waals surface area contributed by atoms with Crippen molar-refractivity contribution in [3.05, 3.63) is 0 Å². The fraction of sp³-hybridized carbons (Fsp3) is 0.850. The number of ketones is 1. The summed E-state index contributed by atoms with van der Waals surface area (Å²) < 4.78 is 0. The van der Waals surface area contributed by atoms with Gasteiger partial charge in [-0.15, -0.1) is 0 Å². The lowest BCUT2D eigenvalue weighted by molar-refractivity contribution is -0.129. The Morgan fingerprint density at radius 1 is 0.889 bits per heavy atom. The minimum absolute atomic E-state index is 0.0104. The highest BCUT2D eigenvalue weighted by molar-refractivity contribution is 5.86. The molecule has 0 bridgehead atoms. The number of unbranched alkanes of at least 4 members (excludes halogenated alkanes) is 8. The molecular weight excluding hydrogens is 342 g/mol. The van der Waals surface area contributed by atoms with Gasteiger partial charge in [0, 0.05) is 31.8 Å². The van der Waals surface area contributed by atoms with Gasteiger partial charge in [0.05, 0.1) is 0 Å². The molecule has 0 spiro atoms. The lowest BCUT2D eigenvalue weighted by Gasteiger charge is -2.11. The zero-order chi connectivity index (χ0) is 20.3. The number of nitrogens with zero attached hydrogens (tertiary/aromatic N) is 1. The van der Waals surface area contributed by atoms with Crippen LogP contribution in [-0.2, 0) is 9.59 Å². The highest BCUT2D eigenvalue weighted by Crippen LogP contribution is 2.10. The lowest BCUT2D eigenvalue weighted by atomic mass is 10.00. The van der Waals surface area contributed by atoms with E-state index in [1.54, 1.807) is 0 Å². The maximum Gasteiger partial charge on any atom is 0.223 e. The molecule has 1 atom stereocenters. The van der Waals surface area contributed by atoms with E-state index in [2.05, 4.69) is 10.3 Å². The molecular formula is C20H41N5O2. The molecule has 0 rings (SSSR count). The maximum absolute atomic E-state index is 12.0. The smallest absolute Gasteiger partial charge is 0.223 e. The highest BCUT2D eigenvalue weighted by atomic mass is 16.2. The summed E-state index contributed by atoms with van der Waals surface area (Å²) in [5.74, 6) is 0.0365. The Morgan fingerprint density at radius 2 is 1.48 bits per heavy atom.